The summed E-state index contributed by atoms with van der Waals surface area (Å²) in [5.41, 5.74) is 10.0. The molecule has 0 radical (unpaired) electrons. The Hall–Kier alpha value is -8.15. The largest absolute Gasteiger partial charge is 0.309 e. The van der Waals surface area contributed by atoms with Crippen LogP contribution in [0.4, 0.5) is 0 Å². The molecule has 5 nitrogen and oxygen atoms in total. The number of fused-ring (bicyclic) bond motifs is 4. The quantitative estimate of drug-likeness (QED) is 0.168. The Balaban J connectivity index is 1.12. The summed E-state index contributed by atoms with van der Waals surface area (Å²) in [6, 6.07) is 67.8. The van der Waals surface area contributed by atoms with Crippen LogP contribution in [0.3, 0.4) is 0 Å². The third kappa shape index (κ3) is 4.27. The number of aromatic nitrogens is 5. The Morgan fingerprint density at radius 1 is 0.300 bits per heavy atom. The summed E-state index contributed by atoms with van der Waals surface area (Å²) in [4.78, 5) is 16.2. The van der Waals surface area contributed by atoms with Crippen molar-refractivity contribution in [3.8, 4) is 45.5 Å². The first kappa shape index (κ1) is 31.9. The van der Waals surface area contributed by atoms with E-state index in [9.17, 15) is 0 Å². The van der Waals surface area contributed by atoms with Crippen LogP contribution in [-0.4, -0.2) is 24.1 Å². The Morgan fingerprint density at radius 3 is 1.60 bits per heavy atom. The van der Waals surface area contributed by atoms with E-state index in [0.29, 0.717) is 17.6 Å². The number of hydrogen-bond acceptors (Lipinski definition) is 3. The number of benzene rings is 10. The third-order valence-corrected chi connectivity index (χ3v) is 12.8. The van der Waals surface area contributed by atoms with Gasteiger partial charge in [-0.25, -0.2) is 4.98 Å². The van der Waals surface area contributed by atoms with Crippen LogP contribution < -0.4 is 0 Å². The van der Waals surface area contributed by atoms with Crippen molar-refractivity contribution in [2.45, 2.75) is 0 Å². The molecule has 0 saturated heterocycles. The molecule has 5 heteroatoms. The van der Waals surface area contributed by atoms with Crippen LogP contribution in [-0.2, 0) is 0 Å². The molecule has 13 aromatic rings. The van der Waals surface area contributed by atoms with Gasteiger partial charge in [-0.2, -0.15) is 9.97 Å². The fraction of sp³-hybridized carbons (Fsp3) is 0. The lowest BCUT2D eigenvalue weighted by atomic mass is 9.98. The minimum absolute atomic E-state index is 0.588. The molecule has 14 rings (SSSR count). The first-order valence-corrected chi connectivity index (χ1v) is 20.4. The zero-order valence-corrected chi connectivity index (χ0v) is 32.1. The molecule has 1 aliphatic rings. The van der Waals surface area contributed by atoms with Crippen molar-refractivity contribution in [3.63, 3.8) is 0 Å². The molecule has 0 amide bonds. The van der Waals surface area contributed by atoms with Gasteiger partial charge in [-0.05, 0) is 103 Å². The van der Waals surface area contributed by atoms with Gasteiger partial charge >= 0.3 is 0 Å². The van der Waals surface area contributed by atoms with E-state index >= 15 is 0 Å². The van der Waals surface area contributed by atoms with E-state index in [4.69, 9.17) is 15.0 Å². The van der Waals surface area contributed by atoms with Crippen LogP contribution >= 0.6 is 0 Å². The van der Waals surface area contributed by atoms with E-state index < -0.39 is 0 Å². The molecule has 3 heterocycles. The van der Waals surface area contributed by atoms with E-state index in [2.05, 4.69) is 197 Å². The maximum atomic E-state index is 5.47. The summed E-state index contributed by atoms with van der Waals surface area (Å²) in [7, 11) is 0. The smallest absolute Gasteiger partial charge is 0.238 e. The summed E-state index contributed by atoms with van der Waals surface area (Å²) in [5, 5.41) is 14.4. The number of hydrogen-bond donors (Lipinski definition) is 0. The maximum absolute atomic E-state index is 5.47. The zero-order chi connectivity index (χ0) is 39.1. The van der Waals surface area contributed by atoms with Crippen molar-refractivity contribution < 1.29 is 0 Å². The predicted molar refractivity (Wildman–Crippen MR) is 248 cm³/mol. The molecule has 0 saturated carbocycles. The molecule has 10 aromatic carbocycles. The zero-order valence-electron chi connectivity index (χ0n) is 32.1. The van der Waals surface area contributed by atoms with Crippen LogP contribution in [0, 0.1) is 0 Å². The van der Waals surface area contributed by atoms with Gasteiger partial charge in [0, 0.05) is 43.7 Å². The molecule has 0 fully saturated rings. The summed E-state index contributed by atoms with van der Waals surface area (Å²) in [5.74, 6) is 1.86. The average Bonchev–Trinajstić information content (AvgIpc) is 3.79. The van der Waals surface area contributed by atoms with Gasteiger partial charge < -0.3 is 4.57 Å². The van der Waals surface area contributed by atoms with Crippen LogP contribution in [0.5, 0.6) is 0 Å². The monoisotopic (exact) mass is 761 g/mol. The van der Waals surface area contributed by atoms with Crippen molar-refractivity contribution >= 4 is 86.7 Å². The van der Waals surface area contributed by atoms with Crippen molar-refractivity contribution in [1.29, 1.82) is 0 Å². The van der Waals surface area contributed by atoms with Gasteiger partial charge in [0.15, 0.2) is 11.6 Å². The van der Waals surface area contributed by atoms with E-state index in [1.54, 1.807) is 0 Å². The van der Waals surface area contributed by atoms with Gasteiger partial charge in [-0.15, -0.1) is 0 Å². The second-order valence-corrected chi connectivity index (χ2v) is 16.0. The van der Waals surface area contributed by atoms with Gasteiger partial charge in [0.2, 0.25) is 5.95 Å². The fourth-order valence-electron chi connectivity index (χ4n) is 10.2. The van der Waals surface area contributed by atoms with Crippen molar-refractivity contribution in [1.82, 2.24) is 24.1 Å². The normalized spacial score (nSPS) is 12.3. The van der Waals surface area contributed by atoms with Gasteiger partial charge in [0.05, 0.1) is 22.1 Å². The Labute approximate surface area is 343 Å². The van der Waals surface area contributed by atoms with Crippen LogP contribution in [0.15, 0.2) is 188 Å². The Bertz CT molecular complexity index is 4010. The highest BCUT2D eigenvalue weighted by Crippen LogP contribution is 2.51. The minimum atomic E-state index is 0.588. The van der Waals surface area contributed by atoms with E-state index in [-0.39, 0.29) is 0 Å². The molecule has 0 bridgehead atoms. The second-order valence-electron chi connectivity index (χ2n) is 16.0. The predicted octanol–water partition coefficient (Wildman–Crippen LogP) is 14.0. The van der Waals surface area contributed by atoms with Crippen LogP contribution in [0.25, 0.3) is 132 Å². The molecule has 276 valence electrons. The molecular weight excluding hydrogens is 731 g/mol. The maximum Gasteiger partial charge on any atom is 0.238 e. The molecule has 0 N–H and O–H groups in total. The molecule has 0 aliphatic heterocycles. The highest BCUT2D eigenvalue weighted by molar-refractivity contribution is 6.38. The lowest BCUT2D eigenvalue weighted by molar-refractivity contribution is 0.955. The molecule has 1 aliphatic carbocycles. The SMILES string of the molecule is c1ccc(-n2c3cccc4c3c3c5c(ccc32)ccc2c5c3c-4cccc3n2-c2nc(-c3ccc4ccccc4c3)nc(-c3cccc4cc5ccccc5cc34)n2)cc1. The molecule has 0 unspecified atom stereocenters. The van der Waals surface area contributed by atoms with E-state index in [1.807, 2.05) is 0 Å². The van der Waals surface area contributed by atoms with Crippen LogP contribution in [0.2, 0.25) is 0 Å². The van der Waals surface area contributed by atoms with Gasteiger partial charge in [0.1, 0.15) is 0 Å². The first-order valence-electron chi connectivity index (χ1n) is 20.4. The van der Waals surface area contributed by atoms with Gasteiger partial charge in [0.25, 0.3) is 0 Å². The lowest BCUT2D eigenvalue weighted by Crippen LogP contribution is -2.06. The summed E-state index contributed by atoms with van der Waals surface area (Å²) in [6.07, 6.45) is 0. The summed E-state index contributed by atoms with van der Waals surface area (Å²) < 4.78 is 4.71. The van der Waals surface area contributed by atoms with Crippen molar-refractivity contribution in [2.24, 2.45) is 0 Å². The second kappa shape index (κ2) is 11.7. The fourth-order valence-corrected chi connectivity index (χ4v) is 10.2. The first-order chi connectivity index (χ1) is 29.7. The molecule has 60 heavy (non-hydrogen) atoms. The number of para-hydroxylation sites is 1. The lowest BCUT2D eigenvalue weighted by Gasteiger charge is -2.13. The third-order valence-electron chi connectivity index (χ3n) is 12.8. The van der Waals surface area contributed by atoms with Gasteiger partial charge in [-0.3, -0.25) is 4.57 Å². The Kier molecular flexibility index (Phi) is 6.23. The summed E-state index contributed by atoms with van der Waals surface area (Å²) >= 11 is 0. The number of rotatable bonds is 4. The van der Waals surface area contributed by atoms with E-state index in [0.717, 1.165) is 44.0 Å². The number of nitrogens with zero attached hydrogens (tertiary/aromatic N) is 5. The van der Waals surface area contributed by atoms with E-state index in [1.165, 1.54) is 70.6 Å². The minimum Gasteiger partial charge on any atom is -0.309 e. The standard InChI is InChI=1S/C55H31N5/c1-2-16-39(17-3-1)59-44-21-9-18-40-41-19-10-22-45-50(41)52-47(28-26-33-25-27-46(59)51(48(33)52)49(40)44)60(45)55-57-53(38-24-23-32-11-4-5-12-34(32)30-38)56-54(58-55)42-20-8-15-37-29-35-13-6-7-14-36(35)31-43(37)42/h1-31H. The van der Waals surface area contributed by atoms with Crippen molar-refractivity contribution in [3.05, 3.63) is 188 Å². The summed E-state index contributed by atoms with van der Waals surface area (Å²) in [6.45, 7) is 0. The molecule has 0 atom stereocenters. The molecule has 3 aromatic heterocycles. The average molecular weight is 762 g/mol. The molecular formula is C55H31N5. The highest BCUT2D eigenvalue weighted by atomic mass is 15.2. The van der Waals surface area contributed by atoms with Crippen LogP contribution in [0.1, 0.15) is 0 Å². The molecule has 0 spiro atoms. The van der Waals surface area contributed by atoms with Gasteiger partial charge in [-0.1, -0.05) is 133 Å². The van der Waals surface area contributed by atoms with Crippen molar-refractivity contribution in [2.75, 3.05) is 0 Å². The highest BCUT2D eigenvalue weighted by Gasteiger charge is 2.28. The topological polar surface area (TPSA) is 48.5 Å². The Morgan fingerprint density at radius 2 is 0.850 bits per heavy atom.